The maximum Gasteiger partial charge on any atom is 0.268 e. The van der Waals surface area contributed by atoms with Gasteiger partial charge in [0.15, 0.2) is 0 Å². The zero-order valence-electron chi connectivity index (χ0n) is 9.91. The summed E-state index contributed by atoms with van der Waals surface area (Å²) < 4.78 is 38.3. The van der Waals surface area contributed by atoms with E-state index < -0.39 is 15.9 Å². The fourth-order valence-corrected chi connectivity index (χ4v) is 4.41. The lowest BCUT2D eigenvalue weighted by molar-refractivity contribution is 0.331. The van der Waals surface area contributed by atoms with Crippen molar-refractivity contribution in [1.29, 1.82) is 0 Å². The van der Waals surface area contributed by atoms with Crippen molar-refractivity contribution in [3.8, 4) is 5.75 Å². The molecule has 0 aliphatic carbocycles. The minimum atomic E-state index is -4.00. The molecule has 0 radical (unpaired) electrons. The van der Waals surface area contributed by atoms with Gasteiger partial charge in [0.1, 0.15) is 18.1 Å². The average molecular weight is 620 g/mol. The molecule has 4 nitrogen and oxygen atoms in total. The van der Waals surface area contributed by atoms with Crippen molar-refractivity contribution < 1.29 is 17.7 Å². The summed E-state index contributed by atoms with van der Waals surface area (Å²) in [6.45, 7) is 5.78. The second-order valence-electron chi connectivity index (χ2n) is 3.78. The van der Waals surface area contributed by atoms with Crippen LogP contribution in [-0.2, 0) is 10.1 Å². The molecule has 8 heteroatoms. The van der Waals surface area contributed by atoms with Gasteiger partial charge in [-0.15, -0.1) is 0 Å². The van der Waals surface area contributed by atoms with Crippen LogP contribution in [0.4, 0.5) is 0 Å². The fourth-order valence-electron chi connectivity index (χ4n) is 1.27. The molecule has 1 rings (SSSR count). The molecule has 0 saturated carbocycles. The third kappa shape index (κ3) is 5.28. The third-order valence-corrected chi connectivity index (χ3v) is 6.83. The molecule has 0 bridgehead atoms. The topological polar surface area (TPSA) is 63.6 Å². The summed E-state index contributed by atoms with van der Waals surface area (Å²) in [5.41, 5.74) is 2.02. The van der Waals surface area contributed by atoms with Gasteiger partial charge in [-0.1, -0.05) is 6.58 Å². The molecule has 0 saturated heterocycles. The Morgan fingerprint density at radius 1 is 1.37 bits per heavy atom. The van der Waals surface area contributed by atoms with Gasteiger partial charge < -0.3 is 4.74 Å². The molecular formula is C11H11I3O4S. The first kappa shape index (κ1) is 17.9. The number of halogens is 3. The van der Waals surface area contributed by atoms with Crippen LogP contribution < -0.4 is 4.74 Å². The predicted molar refractivity (Wildman–Crippen MR) is 101 cm³/mol. The van der Waals surface area contributed by atoms with Crippen LogP contribution in [0.25, 0.3) is 5.57 Å². The van der Waals surface area contributed by atoms with Gasteiger partial charge in [-0.2, -0.15) is 8.42 Å². The van der Waals surface area contributed by atoms with Gasteiger partial charge in [0, 0.05) is 3.57 Å². The summed E-state index contributed by atoms with van der Waals surface area (Å²) in [5, 5.41) is 0. The molecule has 0 amide bonds. The Kier molecular flexibility index (Phi) is 6.81. The number of rotatable bonds is 5. The van der Waals surface area contributed by atoms with E-state index in [9.17, 15) is 8.42 Å². The molecule has 0 aliphatic heterocycles. The zero-order chi connectivity index (χ0) is 14.8. The minimum absolute atomic E-state index is 0.0761. The number of hydrogen-bond acceptors (Lipinski definition) is 3. The SMILES string of the molecule is C=C(C)c1cc(I)c(OCCS(=O)(=O)O)c(I)c1I. The van der Waals surface area contributed by atoms with Crippen LogP contribution in [0, 0.1) is 10.7 Å². The smallest absolute Gasteiger partial charge is 0.268 e. The van der Waals surface area contributed by atoms with Crippen LogP contribution in [0.15, 0.2) is 12.6 Å². The Labute approximate surface area is 153 Å². The number of benzene rings is 1. The zero-order valence-corrected chi connectivity index (χ0v) is 17.2. The highest BCUT2D eigenvalue weighted by atomic mass is 127. The van der Waals surface area contributed by atoms with E-state index in [-0.39, 0.29) is 6.61 Å². The van der Waals surface area contributed by atoms with Crippen LogP contribution >= 0.6 is 67.8 Å². The molecular weight excluding hydrogens is 609 g/mol. The molecule has 0 aromatic heterocycles. The lowest BCUT2D eigenvalue weighted by Crippen LogP contribution is -2.14. The van der Waals surface area contributed by atoms with Crippen molar-refractivity contribution in [3.05, 3.63) is 28.9 Å². The molecule has 0 aliphatic rings. The molecule has 106 valence electrons. The van der Waals surface area contributed by atoms with E-state index >= 15 is 0 Å². The normalized spacial score (nSPS) is 11.4. The first-order valence-electron chi connectivity index (χ1n) is 5.05. The second kappa shape index (κ2) is 7.22. The summed E-state index contributed by atoms with van der Waals surface area (Å²) in [6.07, 6.45) is 0. The summed E-state index contributed by atoms with van der Waals surface area (Å²) in [4.78, 5) is 0. The molecule has 0 unspecified atom stereocenters. The summed E-state index contributed by atoms with van der Waals surface area (Å²) in [6, 6.07) is 1.95. The molecule has 0 heterocycles. The van der Waals surface area contributed by atoms with E-state index in [0.717, 1.165) is 21.8 Å². The minimum Gasteiger partial charge on any atom is -0.490 e. The first-order valence-corrected chi connectivity index (χ1v) is 9.89. The Bertz CT molecular complexity index is 611. The maximum absolute atomic E-state index is 10.7. The first-order chi connectivity index (χ1) is 8.63. The number of hydrogen-bond donors (Lipinski definition) is 1. The highest BCUT2D eigenvalue weighted by molar-refractivity contribution is 14.1. The van der Waals surface area contributed by atoms with Crippen LogP contribution in [0.1, 0.15) is 12.5 Å². The van der Waals surface area contributed by atoms with Gasteiger partial charge in [-0.25, -0.2) is 0 Å². The van der Waals surface area contributed by atoms with Gasteiger partial charge in [0.2, 0.25) is 0 Å². The quantitative estimate of drug-likeness (QED) is 0.310. The number of allylic oxidation sites excluding steroid dienone is 1. The average Bonchev–Trinajstić information content (AvgIpc) is 2.26. The van der Waals surface area contributed by atoms with E-state index in [0.29, 0.717) is 5.75 Å². The Morgan fingerprint density at radius 2 is 1.95 bits per heavy atom. The van der Waals surface area contributed by atoms with Crippen molar-refractivity contribution in [2.45, 2.75) is 6.92 Å². The van der Waals surface area contributed by atoms with Crippen molar-refractivity contribution in [2.24, 2.45) is 0 Å². The third-order valence-electron chi connectivity index (χ3n) is 2.16. The number of ether oxygens (including phenoxy) is 1. The maximum atomic E-state index is 10.7. The van der Waals surface area contributed by atoms with E-state index in [1.165, 1.54) is 0 Å². The van der Waals surface area contributed by atoms with Gasteiger partial charge in [-0.05, 0) is 91.9 Å². The van der Waals surface area contributed by atoms with Crippen LogP contribution in [0.5, 0.6) is 5.75 Å². The summed E-state index contributed by atoms with van der Waals surface area (Å²) in [7, 11) is -4.00. The lowest BCUT2D eigenvalue weighted by atomic mass is 10.1. The molecule has 1 aromatic rings. The Balaban J connectivity index is 3.03. The van der Waals surface area contributed by atoms with Crippen LogP contribution in [0.2, 0.25) is 0 Å². The Hall–Kier alpha value is 0.860. The molecule has 0 spiro atoms. The monoisotopic (exact) mass is 620 g/mol. The summed E-state index contributed by atoms with van der Waals surface area (Å²) >= 11 is 6.51. The highest BCUT2D eigenvalue weighted by Crippen LogP contribution is 2.35. The molecule has 0 atom stereocenters. The van der Waals surface area contributed by atoms with E-state index in [4.69, 9.17) is 9.29 Å². The van der Waals surface area contributed by atoms with Gasteiger partial charge in [-0.3, -0.25) is 4.55 Å². The Morgan fingerprint density at radius 3 is 2.42 bits per heavy atom. The largest absolute Gasteiger partial charge is 0.490 e. The van der Waals surface area contributed by atoms with Crippen molar-refractivity contribution in [1.82, 2.24) is 0 Å². The van der Waals surface area contributed by atoms with Gasteiger partial charge in [0.05, 0.1) is 7.14 Å². The van der Waals surface area contributed by atoms with E-state index in [2.05, 4.69) is 74.4 Å². The second-order valence-corrected chi connectivity index (χ2v) is 8.67. The van der Waals surface area contributed by atoms with Gasteiger partial charge in [0.25, 0.3) is 10.1 Å². The standard InChI is InChI=1S/C11H11I3O4S/c1-6(2)7-5-8(12)11(10(14)9(7)13)18-3-4-19(15,16)17/h5H,1,3-4H2,2H3,(H,15,16,17). The summed E-state index contributed by atoms with van der Waals surface area (Å²) in [5.74, 6) is 0.220. The van der Waals surface area contributed by atoms with Crippen molar-refractivity contribution in [2.75, 3.05) is 12.4 Å². The van der Waals surface area contributed by atoms with Crippen molar-refractivity contribution >= 4 is 83.5 Å². The molecule has 1 aromatic carbocycles. The fraction of sp³-hybridized carbons (Fsp3) is 0.273. The predicted octanol–water partition coefficient (Wildman–Crippen LogP) is 3.80. The lowest BCUT2D eigenvalue weighted by Gasteiger charge is -2.14. The highest BCUT2D eigenvalue weighted by Gasteiger charge is 2.16. The van der Waals surface area contributed by atoms with E-state index in [1.54, 1.807) is 0 Å². The molecule has 0 fully saturated rings. The van der Waals surface area contributed by atoms with Crippen molar-refractivity contribution in [3.63, 3.8) is 0 Å². The van der Waals surface area contributed by atoms with Crippen LogP contribution in [0.3, 0.4) is 0 Å². The molecule has 19 heavy (non-hydrogen) atoms. The molecule has 1 N–H and O–H groups in total. The van der Waals surface area contributed by atoms with E-state index in [1.807, 2.05) is 13.0 Å². The van der Waals surface area contributed by atoms with Gasteiger partial charge >= 0.3 is 0 Å². The van der Waals surface area contributed by atoms with Crippen LogP contribution in [-0.4, -0.2) is 25.3 Å².